The Balaban J connectivity index is 1.78. The van der Waals surface area contributed by atoms with Crippen molar-refractivity contribution in [3.63, 3.8) is 0 Å². The fourth-order valence-corrected chi connectivity index (χ4v) is 3.46. The highest BCUT2D eigenvalue weighted by Crippen LogP contribution is 2.21. The molecule has 4 heterocycles. The minimum absolute atomic E-state index is 0.00583. The molecule has 27 heavy (non-hydrogen) atoms. The van der Waals surface area contributed by atoms with E-state index in [1.165, 1.54) is 9.08 Å². The lowest BCUT2D eigenvalue weighted by molar-refractivity contribution is 0.102. The van der Waals surface area contributed by atoms with Gasteiger partial charge >= 0.3 is 0 Å². The molecular formula is C17H14N6O3S. The zero-order chi connectivity index (χ0) is 19.0. The van der Waals surface area contributed by atoms with Crippen LogP contribution in [0.3, 0.4) is 0 Å². The number of carbonyl (C=O) groups is 1. The summed E-state index contributed by atoms with van der Waals surface area (Å²) in [6.45, 7) is 0. The Morgan fingerprint density at radius 1 is 1.07 bits per heavy atom. The molecule has 1 amide bonds. The molecule has 1 N–H and O–H groups in total. The fraction of sp³-hybridized carbons (Fsp3) is 0.0588. The molecule has 0 aliphatic rings. The summed E-state index contributed by atoms with van der Waals surface area (Å²) in [6.07, 6.45) is 7.48. The molecule has 0 fully saturated rings. The normalized spacial score (nSPS) is 11.6. The highest BCUT2D eigenvalue weighted by atomic mass is 32.2. The fourth-order valence-electron chi connectivity index (χ4n) is 2.69. The molecule has 0 saturated heterocycles. The maximum atomic E-state index is 12.9. The van der Waals surface area contributed by atoms with Crippen LogP contribution in [0.4, 0.5) is 5.69 Å². The van der Waals surface area contributed by atoms with Crippen LogP contribution in [0.25, 0.3) is 11.3 Å². The number of rotatable bonds is 4. The van der Waals surface area contributed by atoms with Gasteiger partial charge < -0.3 is 5.32 Å². The van der Waals surface area contributed by atoms with E-state index in [1.807, 2.05) is 0 Å². The Morgan fingerprint density at radius 3 is 2.67 bits per heavy atom. The average molecular weight is 382 g/mol. The highest BCUT2D eigenvalue weighted by molar-refractivity contribution is 7.90. The smallest absolute Gasteiger partial charge is 0.276 e. The minimum atomic E-state index is -3.61. The van der Waals surface area contributed by atoms with Gasteiger partial charge in [-0.25, -0.2) is 23.1 Å². The van der Waals surface area contributed by atoms with Gasteiger partial charge in [0.25, 0.3) is 5.91 Å². The Morgan fingerprint density at radius 2 is 1.93 bits per heavy atom. The first-order valence-electron chi connectivity index (χ1n) is 7.88. The number of carbonyl (C=O) groups excluding carboxylic acids is 1. The summed E-state index contributed by atoms with van der Waals surface area (Å²) in [4.78, 5) is 21.2. The van der Waals surface area contributed by atoms with Crippen LogP contribution in [0.5, 0.6) is 0 Å². The molecule has 0 spiro atoms. The number of fused-ring (bicyclic) bond motifs is 1. The van der Waals surface area contributed by atoms with E-state index in [-0.39, 0.29) is 10.9 Å². The first kappa shape index (κ1) is 16.9. The van der Waals surface area contributed by atoms with Crippen LogP contribution >= 0.6 is 0 Å². The van der Waals surface area contributed by atoms with Crippen molar-refractivity contribution in [2.24, 2.45) is 0 Å². The van der Waals surface area contributed by atoms with Gasteiger partial charge in [-0.15, -0.1) is 0 Å². The lowest BCUT2D eigenvalue weighted by Gasteiger charge is -2.09. The molecule has 0 aliphatic heterocycles. The summed E-state index contributed by atoms with van der Waals surface area (Å²) in [6, 6.07) is 10.1. The van der Waals surface area contributed by atoms with Crippen LogP contribution in [0.2, 0.25) is 0 Å². The Labute approximate surface area is 154 Å². The number of anilines is 1. The number of imidazole rings is 1. The molecule has 0 aromatic carbocycles. The third kappa shape index (κ3) is 3.06. The van der Waals surface area contributed by atoms with Crippen molar-refractivity contribution in [2.45, 2.75) is 5.16 Å². The SMILES string of the molecule is CS(=O)(=O)c1nc(C(=O)Nc2cccnc2-n2cccn2)c2ccccn12. The van der Waals surface area contributed by atoms with Crippen LogP contribution in [0.1, 0.15) is 10.5 Å². The van der Waals surface area contributed by atoms with Gasteiger partial charge in [-0.05, 0) is 30.3 Å². The number of amides is 1. The lowest BCUT2D eigenvalue weighted by Crippen LogP contribution is -2.15. The molecule has 136 valence electrons. The first-order valence-corrected chi connectivity index (χ1v) is 9.78. The van der Waals surface area contributed by atoms with Crippen LogP contribution in [0, 0.1) is 0 Å². The molecule has 4 rings (SSSR count). The van der Waals surface area contributed by atoms with Crippen LogP contribution < -0.4 is 5.32 Å². The van der Waals surface area contributed by atoms with Crippen molar-refractivity contribution in [1.82, 2.24) is 24.1 Å². The molecule has 4 aromatic heterocycles. The number of sulfone groups is 1. The van der Waals surface area contributed by atoms with Crippen molar-refractivity contribution >= 4 is 26.9 Å². The molecule has 4 aromatic rings. The number of nitrogens with one attached hydrogen (secondary N) is 1. The number of hydrogen-bond donors (Lipinski definition) is 1. The summed E-state index contributed by atoms with van der Waals surface area (Å²) in [5.74, 6) is -0.113. The van der Waals surface area contributed by atoms with Gasteiger partial charge in [0.2, 0.25) is 15.0 Å². The van der Waals surface area contributed by atoms with E-state index in [1.54, 1.807) is 61.2 Å². The monoisotopic (exact) mass is 382 g/mol. The number of pyridine rings is 2. The molecule has 0 aliphatic carbocycles. The number of nitrogens with zero attached hydrogens (tertiary/aromatic N) is 5. The summed E-state index contributed by atoms with van der Waals surface area (Å²) in [5.41, 5.74) is 0.815. The third-order valence-corrected chi connectivity index (χ3v) is 4.77. The van der Waals surface area contributed by atoms with Crippen molar-refractivity contribution in [3.8, 4) is 5.82 Å². The summed E-state index contributed by atoms with van der Waals surface area (Å²) in [7, 11) is -3.61. The van der Waals surface area contributed by atoms with Crippen molar-refractivity contribution in [3.05, 3.63) is 66.9 Å². The maximum absolute atomic E-state index is 12.9. The van der Waals surface area contributed by atoms with E-state index in [2.05, 4.69) is 20.4 Å². The molecule has 9 nitrogen and oxygen atoms in total. The Hall–Kier alpha value is -3.53. The molecule has 0 atom stereocenters. The highest BCUT2D eigenvalue weighted by Gasteiger charge is 2.23. The topological polar surface area (TPSA) is 111 Å². The van der Waals surface area contributed by atoms with E-state index in [4.69, 9.17) is 0 Å². The second-order valence-corrected chi connectivity index (χ2v) is 7.66. The van der Waals surface area contributed by atoms with Gasteiger partial charge in [0.1, 0.15) is 0 Å². The van der Waals surface area contributed by atoms with Gasteiger partial charge in [-0.3, -0.25) is 9.20 Å². The Kier molecular flexibility index (Phi) is 3.96. The van der Waals surface area contributed by atoms with Gasteiger partial charge in [0.15, 0.2) is 11.5 Å². The lowest BCUT2D eigenvalue weighted by atomic mass is 10.3. The predicted octanol–water partition coefficient (Wildman–Crippen LogP) is 1.57. The zero-order valence-electron chi connectivity index (χ0n) is 14.1. The van der Waals surface area contributed by atoms with E-state index in [0.29, 0.717) is 17.0 Å². The quantitative estimate of drug-likeness (QED) is 0.573. The summed E-state index contributed by atoms with van der Waals surface area (Å²) in [5, 5.41) is 6.66. The van der Waals surface area contributed by atoms with E-state index in [9.17, 15) is 13.2 Å². The van der Waals surface area contributed by atoms with Gasteiger partial charge in [0.05, 0.1) is 11.2 Å². The molecule has 0 bridgehead atoms. The second-order valence-electron chi connectivity index (χ2n) is 5.75. The predicted molar refractivity (Wildman–Crippen MR) is 97.6 cm³/mol. The van der Waals surface area contributed by atoms with E-state index >= 15 is 0 Å². The molecular weight excluding hydrogens is 368 g/mol. The van der Waals surface area contributed by atoms with E-state index in [0.717, 1.165) is 6.26 Å². The molecule has 0 saturated carbocycles. The maximum Gasteiger partial charge on any atom is 0.276 e. The third-order valence-electron chi connectivity index (χ3n) is 3.82. The summed E-state index contributed by atoms with van der Waals surface area (Å²) < 4.78 is 26.9. The molecule has 0 radical (unpaired) electrons. The van der Waals surface area contributed by atoms with Crippen molar-refractivity contribution < 1.29 is 13.2 Å². The molecule has 0 unspecified atom stereocenters. The number of aromatic nitrogens is 5. The number of hydrogen-bond acceptors (Lipinski definition) is 6. The van der Waals surface area contributed by atoms with Crippen LogP contribution in [-0.4, -0.2) is 44.7 Å². The minimum Gasteiger partial charge on any atom is -0.317 e. The van der Waals surface area contributed by atoms with Gasteiger partial charge in [0, 0.05) is 31.0 Å². The van der Waals surface area contributed by atoms with Crippen molar-refractivity contribution in [1.29, 1.82) is 0 Å². The molecule has 10 heteroatoms. The van der Waals surface area contributed by atoms with Gasteiger partial charge in [-0.2, -0.15) is 5.10 Å². The van der Waals surface area contributed by atoms with Crippen LogP contribution in [0.15, 0.2) is 66.3 Å². The second kappa shape index (κ2) is 6.32. The average Bonchev–Trinajstić information content (AvgIpc) is 3.30. The Bertz CT molecular complexity index is 1240. The standard InChI is InChI=1S/C17H14N6O3S/c1-27(25,26)17-21-14(13-7-2-3-10-22(13)17)16(24)20-12-6-4-8-18-15(12)23-11-5-9-19-23/h2-11H,1H3,(H,20,24). The zero-order valence-corrected chi connectivity index (χ0v) is 15.0. The van der Waals surface area contributed by atoms with E-state index < -0.39 is 15.7 Å². The first-order chi connectivity index (χ1) is 12.9. The summed E-state index contributed by atoms with van der Waals surface area (Å²) >= 11 is 0. The van der Waals surface area contributed by atoms with Gasteiger partial charge in [-0.1, -0.05) is 6.07 Å². The largest absolute Gasteiger partial charge is 0.317 e. The van der Waals surface area contributed by atoms with Crippen LogP contribution in [-0.2, 0) is 9.84 Å². The van der Waals surface area contributed by atoms with Crippen molar-refractivity contribution in [2.75, 3.05) is 11.6 Å².